The molecule has 0 saturated carbocycles. The molecule has 0 aliphatic heterocycles. The standard InChI is InChI=1S/C57H114OS.C3H8O3/c1-4-7-10-13-16-19-22-25-28-31-34-37-40-43-46-49-52-55-57(56(58)59,53-50-47-44-41-38-35-32-29-26-23-20-17-14-11-8-5-2)54-51-48-45-42-39-36-33-30-27-24-21-18-15-12-9-6-3;4-1-3(6)2-5/h4-55H2,1-3H3,(H,58,59);3-6H,1-2H2. The van der Waals surface area contributed by atoms with Crippen LogP contribution in [0, 0.1) is 5.41 Å². The normalized spacial score (nSPS) is 11.7. The molecule has 0 aromatic carbocycles. The van der Waals surface area contributed by atoms with Crippen molar-refractivity contribution in [1.29, 1.82) is 0 Å². The molecule has 0 aliphatic carbocycles. The molecule has 4 nitrogen and oxygen atoms in total. The average molecular weight is 940 g/mol. The Morgan fingerprint density at radius 3 is 0.538 bits per heavy atom. The Morgan fingerprint density at radius 2 is 0.431 bits per heavy atom. The van der Waals surface area contributed by atoms with Crippen molar-refractivity contribution in [2.45, 2.75) is 361 Å². The maximum Gasteiger partial charge on any atom is 0.162 e. The maximum absolute atomic E-state index is 11.1. The fourth-order valence-electron chi connectivity index (χ4n) is 9.96. The summed E-state index contributed by atoms with van der Waals surface area (Å²) in [5.74, 6) is 0. The zero-order chi connectivity index (χ0) is 47.8. The van der Waals surface area contributed by atoms with Gasteiger partial charge in [0, 0.05) is 5.41 Å². The Kier molecular flexibility index (Phi) is 59.7. The number of thiocarbonyl (C=S) groups is 1. The van der Waals surface area contributed by atoms with Crippen LogP contribution < -0.4 is 0 Å². The Morgan fingerprint density at radius 1 is 0.292 bits per heavy atom. The third-order valence-electron chi connectivity index (χ3n) is 14.7. The van der Waals surface area contributed by atoms with E-state index in [-0.39, 0.29) is 18.6 Å². The molecule has 0 aromatic heterocycles. The highest BCUT2D eigenvalue weighted by atomic mass is 32.1. The van der Waals surface area contributed by atoms with Crippen molar-refractivity contribution >= 4 is 17.3 Å². The van der Waals surface area contributed by atoms with Crippen molar-refractivity contribution in [2.75, 3.05) is 13.2 Å². The van der Waals surface area contributed by atoms with Crippen LogP contribution in [0.2, 0.25) is 0 Å². The summed E-state index contributed by atoms with van der Waals surface area (Å²) in [6, 6.07) is 0. The minimum atomic E-state index is -0.954. The minimum absolute atomic E-state index is 0.100. The van der Waals surface area contributed by atoms with Crippen LogP contribution in [-0.2, 0) is 0 Å². The second-order valence-electron chi connectivity index (χ2n) is 21.1. The predicted octanol–water partition coefficient (Wildman–Crippen LogP) is 20.5. The van der Waals surface area contributed by atoms with E-state index in [0.29, 0.717) is 5.05 Å². The lowest BCUT2D eigenvalue weighted by Gasteiger charge is -2.32. The summed E-state index contributed by atoms with van der Waals surface area (Å²) in [6.45, 7) is 6.20. The summed E-state index contributed by atoms with van der Waals surface area (Å²) in [6.07, 6.45) is 71.6. The van der Waals surface area contributed by atoms with E-state index >= 15 is 0 Å². The molecule has 5 heteroatoms. The average Bonchev–Trinajstić information content (AvgIpc) is 3.31. The lowest BCUT2D eigenvalue weighted by molar-refractivity contribution is 0.0450. The van der Waals surface area contributed by atoms with E-state index in [4.69, 9.17) is 27.5 Å². The lowest BCUT2D eigenvalue weighted by atomic mass is 9.74. The molecule has 0 aromatic rings. The number of aliphatic hydroxyl groups excluding tert-OH is 4. The second-order valence-corrected chi connectivity index (χ2v) is 21.5. The number of hydrogen-bond donors (Lipinski definition) is 4. The van der Waals surface area contributed by atoms with Gasteiger partial charge in [-0.05, 0) is 31.5 Å². The van der Waals surface area contributed by atoms with Crippen molar-refractivity contribution < 1.29 is 20.4 Å². The molecule has 4 N–H and O–H groups in total. The van der Waals surface area contributed by atoms with E-state index in [1.807, 2.05) is 0 Å². The minimum Gasteiger partial charge on any atom is -0.502 e. The quantitative estimate of drug-likeness (QED) is 0.0361. The van der Waals surface area contributed by atoms with Gasteiger partial charge in [-0.3, -0.25) is 0 Å². The molecule has 392 valence electrons. The van der Waals surface area contributed by atoms with Gasteiger partial charge >= 0.3 is 0 Å². The number of hydrogen-bond acceptors (Lipinski definition) is 4. The van der Waals surface area contributed by atoms with Crippen LogP contribution in [0.5, 0.6) is 0 Å². The summed E-state index contributed by atoms with van der Waals surface area (Å²) in [7, 11) is 0. The zero-order valence-electron chi connectivity index (χ0n) is 45.0. The van der Waals surface area contributed by atoms with Gasteiger partial charge in [0.1, 0.15) is 6.10 Å². The van der Waals surface area contributed by atoms with Crippen LogP contribution >= 0.6 is 12.2 Å². The summed E-state index contributed by atoms with van der Waals surface area (Å²) >= 11 is 5.72. The van der Waals surface area contributed by atoms with E-state index in [1.54, 1.807) is 0 Å². The Labute approximate surface area is 415 Å². The smallest absolute Gasteiger partial charge is 0.162 e. The molecule has 0 saturated heterocycles. The monoisotopic (exact) mass is 939 g/mol. The van der Waals surface area contributed by atoms with Crippen LogP contribution in [0.4, 0.5) is 0 Å². The van der Waals surface area contributed by atoms with E-state index in [0.717, 1.165) is 19.3 Å². The topological polar surface area (TPSA) is 80.9 Å². The van der Waals surface area contributed by atoms with Crippen molar-refractivity contribution in [2.24, 2.45) is 5.41 Å². The first-order chi connectivity index (χ1) is 31.9. The Bertz CT molecular complexity index is 826. The van der Waals surface area contributed by atoms with Gasteiger partial charge in [0.05, 0.1) is 13.2 Å². The van der Waals surface area contributed by atoms with Crippen LogP contribution in [-0.4, -0.2) is 44.8 Å². The SMILES string of the molecule is CCCCCCCCCCCCCCCCCCCC(CCCCCCCCCCCCCCCCCC)(CCCCCCCCCCCCCCCCCC)C(O)=S.OCC(O)CO. The third-order valence-corrected chi connectivity index (χ3v) is 15.1. The van der Waals surface area contributed by atoms with Gasteiger partial charge in [0.25, 0.3) is 0 Å². The molecule has 0 amide bonds. The van der Waals surface area contributed by atoms with Crippen molar-refractivity contribution in [3.05, 3.63) is 0 Å². The zero-order valence-corrected chi connectivity index (χ0v) is 45.8. The number of rotatable bonds is 55. The van der Waals surface area contributed by atoms with E-state index in [9.17, 15) is 5.11 Å². The summed E-state index contributed by atoms with van der Waals surface area (Å²) in [5.41, 5.74) is -0.100. The molecule has 0 radical (unpaired) electrons. The highest BCUT2D eigenvalue weighted by molar-refractivity contribution is 7.80. The Balaban J connectivity index is 0. The molecule has 0 aliphatic rings. The number of aliphatic hydroxyl groups is 4. The first-order valence-corrected chi connectivity index (χ1v) is 30.5. The molecule has 0 heterocycles. The lowest BCUT2D eigenvalue weighted by Crippen LogP contribution is -2.30. The predicted molar refractivity (Wildman–Crippen MR) is 295 cm³/mol. The molecule has 65 heavy (non-hydrogen) atoms. The van der Waals surface area contributed by atoms with Gasteiger partial charge < -0.3 is 20.4 Å². The fraction of sp³-hybridized carbons (Fsp3) is 0.983. The van der Waals surface area contributed by atoms with Gasteiger partial charge in [0.2, 0.25) is 0 Å². The summed E-state index contributed by atoms with van der Waals surface area (Å²) < 4.78 is 0. The molecule has 0 spiro atoms. The van der Waals surface area contributed by atoms with Gasteiger partial charge in [-0.25, -0.2) is 0 Å². The van der Waals surface area contributed by atoms with Gasteiger partial charge in [-0.1, -0.05) is 335 Å². The van der Waals surface area contributed by atoms with Crippen LogP contribution in [0.3, 0.4) is 0 Å². The molecule has 0 rings (SSSR count). The van der Waals surface area contributed by atoms with Crippen molar-refractivity contribution in [3.8, 4) is 0 Å². The summed E-state index contributed by atoms with van der Waals surface area (Å²) in [5, 5.41) is 35.5. The van der Waals surface area contributed by atoms with E-state index in [2.05, 4.69) is 20.8 Å². The van der Waals surface area contributed by atoms with Crippen LogP contribution in [0.1, 0.15) is 355 Å². The molecule has 0 fully saturated rings. The highest BCUT2D eigenvalue weighted by Gasteiger charge is 2.33. The maximum atomic E-state index is 11.1. The summed E-state index contributed by atoms with van der Waals surface area (Å²) in [4.78, 5) is 0. The van der Waals surface area contributed by atoms with E-state index in [1.165, 1.54) is 315 Å². The molecular formula is C60H122O4S. The molecule has 0 bridgehead atoms. The highest BCUT2D eigenvalue weighted by Crippen LogP contribution is 2.39. The fourth-order valence-corrected chi connectivity index (χ4v) is 10.3. The molecule has 0 unspecified atom stereocenters. The Hall–Kier alpha value is -0.230. The third kappa shape index (κ3) is 53.0. The van der Waals surface area contributed by atoms with Crippen molar-refractivity contribution in [1.82, 2.24) is 0 Å². The van der Waals surface area contributed by atoms with Crippen LogP contribution in [0.25, 0.3) is 0 Å². The largest absolute Gasteiger partial charge is 0.502 e. The molecular weight excluding hydrogens is 817 g/mol. The van der Waals surface area contributed by atoms with Gasteiger partial charge in [0.15, 0.2) is 5.05 Å². The van der Waals surface area contributed by atoms with Crippen molar-refractivity contribution in [3.63, 3.8) is 0 Å². The number of unbranched alkanes of at least 4 members (excludes halogenated alkanes) is 46. The second kappa shape index (κ2) is 58.1. The van der Waals surface area contributed by atoms with E-state index < -0.39 is 6.10 Å². The first-order valence-electron chi connectivity index (χ1n) is 30.1. The van der Waals surface area contributed by atoms with Gasteiger partial charge in [-0.15, -0.1) is 0 Å². The van der Waals surface area contributed by atoms with Crippen LogP contribution in [0.15, 0.2) is 0 Å². The van der Waals surface area contributed by atoms with Gasteiger partial charge in [-0.2, -0.15) is 0 Å². The molecule has 0 atom stereocenters. The first kappa shape index (κ1) is 66.9.